The van der Waals surface area contributed by atoms with Crippen molar-refractivity contribution < 1.29 is 17.9 Å². The van der Waals surface area contributed by atoms with Gasteiger partial charge in [0.1, 0.15) is 0 Å². The third-order valence-corrected chi connectivity index (χ3v) is 6.45. The number of rotatable bonds is 8. The van der Waals surface area contributed by atoms with E-state index in [4.69, 9.17) is 27.9 Å². The molecule has 0 saturated heterocycles. The maximum atomic E-state index is 12.9. The highest BCUT2D eigenvalue weighted by Crippen LogP contribution is 2.27. The quantitative estimate of drug-likeness (QED) is 0.632. The van der Waals surface area contributed by atoms with Gasteiger partial charge >= 0.3 is 0 Å². The number of nitrogens with zero attached hydrogens (tertiary/aromatic N) is 1. The Hall–Kier alpha value is -1.64. The number of hydrogen-bond donors (Lipinski definition) is 1. The molecule has 0 heterocycles. The Bertz CT molecular complexity index is 964. The molecule has 0 fully saturated rings. The molecule has 0 unspecified atom stereocenters. The van der Waals surface area contributed by atoms with E-state index in [1.54, 1.807) is 38.2 Å². The third kappa shape index (κ3) is 5.46. The summed E-state index contributed by atoms with van der Waals surface area (Å²) in [7, 11) is -0.634. The van der Waals surface area contributed by atoms with Crippen molar-refractivity contribution in [1.82, 2.24) is 9.62 Å². The summed E-state index contributed by atoms with van der Waals surface area (Å²) in [5, 5.41) is 0.797. The topological polar surface area (TPSA) is 75.7 Å². The smallest absolute Gasteiger partial charge is 0.254 e. The molecule has 2 rings (SSSR count). The molecule has 0 aliphatic heterocycles. The summed E-state index contributed by atoms with van der Waals surface area (Å²) in [6, 6.07) is 9.66. The fourth-order valence-electron chi connectivity index (χ4n) is 2.56. The van der Waals surface area contributed by atoms with Gasteiger partial charge in [-0.15, -0.1) is 0 Å². The number of carbonyl (C=O) groups excluding carboxylic acids is 1. The zero-order chi connectivity index (χ0) is 20.9. The van der Waals surface area contributed by atoms with E-state index in [0.29, 0.717) is 26.7 Å². The van der Waals surface area contributed by atoms with Crippen molar-refractivity contribution in [3.05, 3.63) is 63.1 Å². The van der Waals surface area contributed by atoms with E-state index >= 15 is 0 Å². The Kier molecular flexibility index (Phi) is 7.86. The van der Waals surface area contributed by atoms with Crippen LogP contribution in [0.2, 0.25) is 10.0 Å². The lowest BCUT2D eigenvalue weighted by Crippen LogP contribution is -2.29. The number of benzene rings is 2. The minimum absolute atomic E-state index is 0.0201. The number of amides is 1. The SMILES string of the molecule is COCCNS(=O)(=O)c1ccc(C)c(C(=O)N(C)Cc2cccc(Cl)c2Cl)c1. The van der Waals surface area contributed by atoms with Crippen molar-refractivity contribution in [2.24, 2.45) is 0 Å². The van der Waals surface area contributed by atoms with Crippen molar-refractivity contribution in [2.45, 2.75) is 18.4 Å². The van der Waals surface area contributed by atoms with Crippen LogP contribution in [0.4, 0.5) is 0 Å². The molecule has 0 saturated carbocycles. The van der Waals surface area contributed by atoms with Gasteiger partial charge in [0, 0.05) is 32.8 Å². The molecule has 2 aromatic rings. The normalized spacial score (nSPS) is 11.5. The Morgan fingerprint density at radius 3 is 2.61 bits per heavy atom. The number of hydrogen-bond acceptors (Lipinski definition) is 4. The van der Waals surface area contributed by atoms with Crippen LogP contribution in [0.5, 0.6) is 0 Å². The molecule has 0 radical (unpaired) electrons. The largest absolute Gasteiger partial charge is 0.383 e. The molecule has 0 aliphatic carbocycles. The van der Waals surface area contributed by atoms with Crippen molar-refractivity contribution >= 4 is 39.1 Å². The summed E-state index contributed by atoms with van der Waals surface area (Å²) >= 11 is 12.2. The lowest BCUT2D eigenvalue weighted by molar-refractivity contribution is 0.0784. The molecule has 28 heavy (non-hydrogen) atoms. The van der Waals surface area contributed by atoms with Gasteiger partial charge in [0.05, 0.1) is 21.5 Å². The van der Waals surface area contributed by atoms with E-state index in [0.717, 1.165) is 0 Å². The summed E-state index contributed by atoms with van der Waals surface area (Å²) in [5.41, 5.74) is 1.67. The fraction of sp³-hybridized carbons (Fsp3) is 0.316. The lowest BCUT2D eigenvalue weighted by atomic mass is 10.1. The van der Waals surface area contributed by atoms with Gasteiger partial charge in [-0.25, -0.2) is 13.1 Å². The number of methoxy groups -OCH3 is 1. The molecule has 0 bridgehead atoms. The molecule has 6 nitrogen and oxygen atoms in total. The standard InChI is InChI=1S/C19H22Cl2N2O4S/c1-13-7-8-15(28(25,26)22-9-10-27-3)11-16(13)19(24)23(2)12-14-5-4-6-17(20)18(14)21/h4-8,11,22H,9-10,12H2,1-3H3. The van der Waals surface area contributed by atoms with E-state index in [-0.39, 0.29) is 30.5 Å². The van der Waals surface area contributed by atoms with Gasteiger partial charge < -0.3 is 9.64 Å². The minimum atomic E-state index is -3.74. The highest BCUT2D eigenvalue weighted by atomic mass is 35.5. The molecule has 1 N–H and O–H groups in total. The average molecular weight is 445 g/mol. The molecule has 0 aromatic heterocycles. The molecule has 152 valence electrons. The van der Waals surface area contributed by atoms with Gasteiger partial charge in [0.15, 0.2) is 0 Å². The van der Waals surface area contributed by atoms with Crippen LogP contribution < -0.4 is 4.72 Å². The van der Waals surface area contributed by atoms with E-state index in [9.17, 15) is 13.2 Å². The van der Waals surface area contributed by atoms with Crippen LogP contribution in [0.3, 0.4) is 0 Å². The number of carbonyl (C=O) groups is 1. The second-order valence-corrected chi connectivity index (χ2v) is 8.79. The van der Waals surface area contributed by atoms with Gasteiger partial charge in [-0.2, -0.15) is 0 Å². The van der Waals surface area contributed by atoms with Crippen molar-refractivity contribution in [2.75, 3.05) is 27.3 Å². The molecular formula is C19H22Cl2N2O4S. The summed E-state index contributed by atoms with van der Waals surface area (Å²) in [6.45, 7) is 2.38. The first-order valence-electron chi connectivity index (χ1n) is 8.45. The minimum Gasteiger partial charge on any atom is -0.383 e. The fourth-order valence-corrected chi connectivity index (χ4v) is 3.98. The summed E-state index contributed by atoms with van der Waals surface area (Å²) < 4.78 is 32.1. The first kappa shape index (κ1) is 22.6. The third-order valence-electron chi connectivity index (χ3n) is 4.13. The maximum Gasteiger partial charge on any atom is 0.254 e. The molecule has 0 atom stereocenters. The number of nitrogens with one attached hydrogen (secondary N) is 1. The van der Waals surface area contributed by atoms with Crippen LogP contribution in [0.25, 0.3) is 0 Å². The molecular weight excluding hydrogens is 423 g/mol. The number of ether oxygens (including phenoxy) is 1. The first-order chi connectivity index (χ1) is 13.2. The van der Waals surface area contributed by atoms with E-state index in [1.165, 1.54) is 24.1 Å². The van der Waals surface area contributed by atoms with Crippen molar-refractivity contribution in [3.8, 4) is 0 Å². The van der Waals surface area contributed by atoms with Crippen molar-refractivity contribution in [1.29, 1.82) is 0 Å². The maximum absolute atomic E-state index is 12.9. The van der Waals surface area contributed by atoms with Gasteiger partial charge in [0.2, 0.25) is 10.0 Å². The van der Waals surface area contributed by atoms with Gasteiger partial charge in [-0.05, 0) is 36.2 Å². The second-order valence-electron chi connectivity index (χ2n) is 6.24. The van der Waals surface area contributed by atoms with Gasteiger partial charge in [-0.3, -0.25) is 4.79 Å². The summed E-state index contributed by atoms with van der Waals surface area (Å²) in [4.78, 5) is 14.4. The first-order valence-corrected chi connectivity index (χ1v) is 10.7. The zero-order valence-electron chi connectivity index (χ0n) is 15.8. The summed E-state index contributed by atoms with van der Waals surface area (Å²) in [6.07, 6.45) is 0. The molecule has 1 amide bonds. The Balaban J connectivity index is 2.26. The predicted octanol–water partition coefficient (Wildman–Crippen LogP) is 3.50. The molecule has 2 aromatic carbocycles. The highest BCUT2D eigenvalue weighted by molar-refractivity contribution is 7.89. The van der Waals surface area contributed by atoms with E-state index < -0.39 is 10.0 Å². The average Bonchev–Trinajstić information content (AvgIpc) is 2.65. The molecule has 9 heteroatoms. The van der Waals surface area contributed by atoms with Crippen LogP contribution in [-0.2, 0) is 21.3 Å². The summed E-state index contributed by atoms with van der Waals surface area (Å²) in [5.74, 6) is -0.317. The van der Waals surface area contributed by atoms with Crippen molar-refractivity contribution in [3.63, 3.8) is 0 Å². The lowest BCUT2D eigenvalue weighted by Gasteiger charge is -2.20. The molecule has 0 aliphatic rings. The van der Waals surface area contributed by atoms with Gasteiger partial charge in [-0.1, -0.05) is 41.4 Å². The van der Waals surface area contributed by atoms with Gasteiger partial charge in [0.25, 0.3) is 5.91 Å². The second kappa shape index (κ2) is 9.71. The number of sulfonamides is 1. The predicted molar refractivity (Wildman–Crippen MR) is 111 cm³/mol. The Labute approximate surface area is 175 Å². The van der Waals surface area contributed by atoms with E-state index in [1.807, 2.05) is 0 Å². The van der Waals surface area contributed by atoms with Crippen LogP contribution >= 0.6 is 23.2 Å². The van der Waals surface area contributed by atoms with Crippen LogP contribution in [0.1, 0.15) is 21.5 Å². The van der Waals surface area contributed by atoms with Crippen LogP contribution in [0, 0.1) is 6.92 Å². The molecule has 0 spiro atoms. The van der Waals surface area contributed by atoms with Crippen LogP contribution in [-0.4, -0.2) is 46.5 Å². The number of aryl methyl sites for hydroxylation is 1. The van der Waals surface area contributed by atoms with Crippen LogP contribution in [0.15, 0.2) is 41.3 Å². The Morgan fingerprint density at radius 1 is 1.21 bits per heavy atom. The van der Waals surface area contributed by atoms with E-state index in [2.05, 4.69) is 4.72 Å². The zero-order valence-corrected chi connectivity index (χ0v) is 18.2. The highest BCUT2D eigenvalue weighted by Gasteiger charge is 2.20. The number of halogens is 2. The Morgan fingerprint density at radius 2 is 1.93 bits per heavy atom. The monoisotopic (exact) mass is 444 g/mol.